The minimum absolute atomic E-state index is 0.0679. The second-order valence-electron chi connectivity index (χ2n) is 5.99. The molecule has 1 atom stereocenters. The van der Waals surface area contributed by atoms with Crippen molar-refractivity contribution in [2.45, 2.75) is 6.10 Å². The lowest BCUT2D eigenvalue weighted by Crippen LogP contribution is -2.46. The first kappa shape index (κ1) is 19.5. The number of ether oxygens (including phenoxy) is 2. The molecule has 1 aliphatic rings. The lowest BCUT2D eigenvalue weighted by molar-refractivity contribution is -0.0252. The molecule has 1 aliphatic heterocycles. The van der Waals surface area contributed by atoms with Gasteiger partial charge >= 0.3 is 0 Å². The van der Waals surface area contributed by atoms with Crippen molar-refractivity contribution in [2.75, 3.05) is 26.3 Å². The van der Waals surface area contributed by atoms with E-state index in [0.717, 1.165) is 29.2 Å². The third-order valence-corrected chi connectivity index (χ3v) is 5.54. The molecule has 0 bridgehead atoms. The number of hydrogen-bond acceptors (Lipinski definition) is 4. The average molecular weight is 395 g/mol. The third kappa shape index (κ3) is 5.35. The fourth-order valence-corrected chi connectivity index (χ4v) is 3.81. The maximum absolute atomic E-state index is 13.6. The Balaban J connectivity index is 1.61. The molecule has 5 nitrogen and oxygen atoms in total. The van der Waals surface area contributed by atoms with E-state index in [1.165, 1.54) is 10.4 Å². The van der Waals surface area contributed by atoms with Gasteiger partial charge in [0.25, 0.3) is 0 Å². The molecule has 0 aromatic heterocycles. The molecule has 8 heteroatoms. The van der Waals surface area contributed by atoms with Crippen LogP contribution in [0.3, 0.4) is 0 Å². The average Bonchev–Trinajstić information content (AvgIpc) is 2.68. The maximum Gasteiger partial charge on any atom is 0.236 e. The molecule has 2 aromatic carbocycles. The van der Waals surface area contributed by atoms with Gasteiger partial charge in [-0.3, -0.25) is 0 Å². The summed E-state index contributed by atoms with van der Waals surface area (Å²) in [5, 5.41) is 1.15. The van der Waals surface area contributed by atoms with Gasteiger partial charge in [0, 0.05) is 24.6 Å². The van der Waals surface area contributed by atoms with Crippen molar-refractivity contribution in [3.63, 3.8) is 0 Å². The molecule has 1 heterocycles. The van der Waals surface area contributed by atoms with Gasteiger partial charge < -0.3 is 9.47 Å². The molecular weight excluding hydrogens is 376 g/mol. The van der Waals surface area contributed by atoms with Gasteiger partial charge in [-0.2, -0.15) is 4.31 Å². The highest BCUT2D eigenvalue weighted by Crippen LogP contribution is 2.20. The van der Waals surface area contributed by atoms with Crippen LogP contribution >= 0.6 is 0 Å². The van der Waals surface area contributed by atoms with E-state index in [2.05, 4.69) is 0 Å². The summed E-state index contributed by atoms with van der Waals surface area (Å²) in [4.78, 5) is 0. The maximum atomic E-state index is 13.6. The summed E-state index contributed by atoms with van der Waals surface area (Å²) in [6.45, 7) is 0.386. The van der Waals surface area contributed by atoms with Crippen LogP contribution in [0.5, 0.6) is 5.75 Å². The predicted octanol–water partition coefficient (Wildman–Crippen LogP) is 3.05. The Hall–Kier alpha value is -2.29. The largest absolute Gasteiger partial charge is 0.488 e. The summed E-state index contributed by atoms with van der Waals surface area (Å²) in [6, 6.07) is 12.0. The Labute approximate surface area is 156 Å². The van der Waals surface area contributed by atoms with Crippen molar-refractivity contribution in [1.29, 1.82) is 0 Å². The van der Waals surface area contributed by atoms with Crippen LogP contribution in [0.2, 0.25) is 0 Å². The number of benzene rings is 2. The molecule has 1 unspecified atom stereocenters. The zero-order valence-electron chi connectivity index (χ0n) is 14.4. The summed E-state index contributed by atoms with van der Waals surface area (Å²) in [5.41, 5.74) is 0.774. The Kier molecular flexibility index (Phi) is 6.20. The number of rotatable bonds is 6. The number of nitrogens with zero attached hydrogens (tertiary/aromatic N) is 1. The van der Waals surface area contributed by atoms with E-state index < -0.39 is 27.8 Å². The van der Waals surface area contributed by atoms with E-state index in [1.807, 2.05) is 18.2 Å². The molecule has 0 spiro atoms. The van der Waals surface area contributed by atoms with E-state index in [0.29, 0.717) is 0 Å². The fraction of sp³-hybridized carbons (Fsp3) is 0.263. The van der Waals surface area contributed by atoms with Crippen LogP contribution in [-0.4, -0.2) is 45.1 Å². The molecule has 1 fully saturated rings. The summed E-state index contributed by atoms with van der Waals surface area (Å²) in [5.74, 6) is -1.55. The summed E-state index contributed by atoms with van der Waals surface area (Å²) >= 11 is 0. The highest BCUT2D eigenvalue weighted by molar-refractivity contribution is 7.92. The van der Waals surface area contributed by atoms with Crippen molar-refractivity contribution >= 4 is 16.1 Å². The van der Waals surface area contributed by atoms with Gasteiger partial charge in [0.1, 0.15) is 18.5 Å². The first-order chi connectivity index (χ1) is 12.9. The van der Waals surface area contributed by atoms with Crippen LogP contribution in [0.1, 0.15) is 5.56 Å². The number of morpholine rings is 1. The molecule has 0 aliphatic carbocycles. The van der Waals surface area contributed by atoms with Crippen LogP contribution in [0.4, 0.5) is 8.78 Å². The van der Waals surface area contributed by atoms with Crippen LogP contribution < -0.4 is 4.74 Å². The van der Waals surface area contributed by atoms with E-state index in [1.54, 1.807) is 12.1 Å². The molecule has 3 rings (SSSR count). The topological polar surface area (TPSA) is 55.8 Å². The highest BCUT2D eigenvalue weighted by atomic mass is 32.2. The summed E-state index contributed by atoms with van der Waals surface area (Å²) in [6.07, 6.45) is 0.944. The van der Waals surface area contributed by atoms with Crippen molar-refractivity contribution in [2.24, 2.45) is 0 Å². The monoisotopic (exact) mass is 395 g/mol. The Morgan fingerprint density at radius 2 is 1.96 bits per heavy atom. The van der Waals surface area contributed by atoms with Crippen LogP contribution in [0.25, 0.3) is 6.08 Å². The highest BCUT2D eigenvalue weighted by Gasteiger charge is 2.28. The van der Waals surface area contributed by atoms with E-state index in [9.17, 15) is 17.2 Å². The Bertz CT molecular complexity index is 903. The third-order valence-electron chi connectivity index (χ3n) is 4.01. The standard InChI is InChI=1S/C19H19F2NO4S/c20-16-6-7-18(21)19(12-16)26-14-17-13-22(9-10-25-17)27(23,24)11-8-15-4-2-1-3-5-15/h1-8,11-12,17H,9-10,13-14H2. The van der Waals surface area contributed by atoms with Gasteiger partial charge in [0.2, 0.25) is 10.0 Å². The zero-order chi connectivity index (χ0) is 19.3. The Morgan fingerprint density at radius 3 is 2.74 bits per heavy atom. The number of sulfonamides is 1. The quantitative estimate of drug-likeness (QED) is 0.755. The fourth-order valence-electron chi connectivity index (χ4n) is 2.61. The molecule has 144 valence electrons. The van der Waals surface area contributed by atoms with Gasteiger partial charge in [-0.1, -0.05) is 30.3 Å². The van der Waals surface area contributed by atoms with Crippen molar-refractivity contribution < 1.29 is 26.7 Å². The SMILES string of the molecule is O=S(=O)(C=Cc1ccccc1)N1CCOC(COc2cc(F)ccc2F)C1. The molecule has 0 saturated carbocycles. The van der Waals surface area contributed by atoms with Gasteiger partial charge in [0.05, 0.1) is 6.61 Å². The first-order valence-electron chi connectivity index (χ1n) is 8.37. The summed E-state index contributed by atoms with van der Waals surface area (Å²) < 4.78 is 63.8. The second kappa shape index (κ2) is 8.60. The van der Waals surface area contributed by atoms with Gasteiger partial charge in [-0.15, -0.1) is 0 Å². The second-order valence-corrected chi connectivity index (χ2v) is 7.81. The van der Waals surface area contributed by atoms with Gasteiger partial charge in [0.15, 0.2) is 11.6 Å². The zero-order valence-corrected chi connectivity index (χ0v) is 15.2. The van der Waals surface area contributed by atoms with E-state index >= 15 is 0 Å². The van der Waals surface area contributed by atoms with Crippen molar-refractivity contribution in [1.82, 2.24) is 4.31 Å². The first-order valence-corrected chi connectivity index (χ1v) is 9.87. The minimum atomic E-state index is -3.63. The van der Waals surface area contributed by atoms with Crippen molar-refractivity contribution in [3.8, 4) is 5.75 Å². The van der Waals surface area contributed by atoms with Crippen LogP contribution in [-0.2, 0) is 14.8 Å². The lowest BCUT2D eigenvalue weighted by atomic mass is 10.2. The minimum Gasteiger partial charge on any atom is -0.488 e. The van der Waals surface area contributed by atoms with Crippen LogP contribution in [0.15, 0.2) is 53.9 Å². The molecule has 0 radical (unpaired) electrons. The Morgan fingerprint density at radius 1 is 1.19 bits per heavy atom. The number of hydrogen-bond donors (Lipinski definition) is 0. The van der Waals surface area contributed by atoms with Gasteiger partial charge in [-0.25, -0.2) is 17.2 Å². The molecular formula is C19H19F2NO4S. The number of halogens is 2. The summed E-state index contributed by atoms with van der Waals surface area (Å²) in [7, 11) is -3.63. The van der Waals surface area contributed by atoms with E-state index in [4.69, 9.17) is 9.47 Å². The van der Waals surface area contributed by atoms with Crippen molar-refractivity contribution in [3.05, 3.63) is 71.1 Å². The van der Waals surface area contributed by atoms with Crippen LogP contribution in [0, 0.1) is 11.6 Å². The molecule has 0 N–H and O–H groups in total. The van der Waals surface area contributed by atoms with E-state index in [-0.39, 0.29) is 32.1 Å². The molecule has 1 saturated heterocycles. The normalized spacial score (nSPS) is 18.7. The molecule has 2 aromatic rings. The molecule has 27 heavy (non-hydrogen) atoms. The molecule has 0 amide bonds. The lowest BCUT2D eigenvalue weighted by Gasteiger charge is -2.31. The van der Waals surface area contributed by atoms with Gasteiger partial charge in [-0.05, 0) is 23.8 Å². The smallest absolute Gasteiger partial charge is 0.236 e. The predicted molar refractivity (Wildman–Crippen MR) is 97.6 cm³/mol.